The summed E-state index contributed by atoms with van der Waals surface area (Å²) in [5.74, 6) is 1.00. The molecule has 1 heterocycles. The average Bonchev–Trinajstić information content (AvgIpc) is 2.98. The molecule has 0 radical (unpaired) electrons. The molecule has 2 fully saturated rings. The highest BCUT2D eigenvalue weighted by atomic mass is 35.5. The first-order chi connectivity index (χ1) is 11.7. The van der Waals surface area contributed by atoms with Gasteiger partial charge in [0, 0.05) is 24.6 Å². The molecule has 3 rings (SSSR count). The quantitative estimate of drug-likeness (QED) is 0.570. The number of carbonyl (C=O) groups is 1. The van der Waals surface area contributed by atoms with Crippen LogP contribution in [0.5, 0.6) is 0 Å². The summed E-state index contributed by atoms with van der Waals surface area (Å²) in [5.41, 5.74) is 1.28. The SMILES string of the molecule is CO/N=C(/c1ccc(Cl)c(Cl)c1)C1C2CN(C(=O)OC(C)(C)C)CC21. The van der Waals surface area contributed by atoms with Crippen molar-refractivity contribution < 1.29 is 14.4 Å². The van der Waals surface area contributed by atoms with Gasteiger partial charge >= 0.3 is 6.09 Å². The lowest BCUT2D eigenvalue weighted by Gasteiger charge is -2.26. The summed E-state index contributed by atoms with van der Waals surface area (Å²) in [6, 6.07) is 5.46. The fourth-order valence-electron chi connectivity index (χ4n) is 3.47. The van der Waals surface area contributed by atoms with Gasteiger partial charge in [-0.1, -0.05) is 34.4 Å². The molecule has 1 aliphatic carbocycles. The van der Waals surface area contributed by atoms with Crippen LogP contribution in [0.4, 0.5) is 4.79 Å². The Labute approximate surface area is 157 Å². The van der Waals surface area contributed by atoms with E-state index < -0.39 is 5.60 Å². The summed E-state index contributed by atoms with van der Waals surface area (Å²) in [6.07, 6.45) is -0.252. The number of piperidine rings is 1. The Morgan fingerprint density at radius 2 is 1.84 bits per heavy atom. The van der Waals surface area contributed by atoms with Crippen molar-refractivity contribution >= 4 is 35.0 Å². The van der Waals surface area contributed by atoms with Crippen LogP contribution >= 0.6 is 23.2 Å². The zero-order chi connectivity index (χ0) is 18.4. The highest BCUT2D eigenvalue weighted by Crippen LogP contribution is 2.53. The molecule has 5 nitrogen and oxygen atoms in total. The number of fused-ring (bicyclic) bond motifs is 1. The van der Waals surface area contributed by atoms with Crippen molar-refractivity contribution in [1.29, 1.82) is 0 Å². The highest BCUT2D eigenvalue weighted by Gasteiger charge is 2.59. The summed E-state index contributed by atoms with van der Waals surface area (Å²) in [4.78, 5) is 19.0. The number of amides is 1. The number of oxime groups is 1. The molecule has 2 atom stereocenters. The van der Waals surface area contributed by atoms with Gasteiger partial charge in [0.1, 0.15) is 12.7 Å². The molecule has 0 aromatic heterocycles. The minimum absolute atomic E-state index is 0.252. The molecule has 1 aromatic rings. The van der Waals surface area contributed by atoms with E-state index in [0.29, 0.717) is 35.0 Å². The van der Waals surface area contributed by atoms with E-state index in [1.165, 1.54) is 7.11 Å². The van der Waals surface area contributed by atoms with Gasteiger partial charge in [-0.15, -0.1) is 0 Å². The van der Waals surface area contributed by atoms with E-state index in [9.17, 15) is 4.79 Å². The summed E-state index contributed by atoms with van der Waals surface area (Å²) in [7, 11) is 1.53. The zero-order valence-corrected chi connectivity index (χ0v) is 16.3. The van der Waals surface area contributed by atoms with Crippen LogP contribution < -0.4 is 0 Å². The molecule has 7 heteroatoms. The van der Waals surface area contributed by atoms with Gasteiger partial charge in [0.25, 0.3) is 0 Å². The second-order valence-corrected chi connectivity index (χ2v) is 8.34. The molecule has 1 aromatic carbocycles. The predicted octanol–water partition coefficient (Wildman–Crippen LogP) is 4.46. The van der Waals surface area contributed by atoms with Crippen molar-refractivity contribution in [2.45, 2.75) is 26.4 Å². The van der Waals surface area contributed by atoms with E-state index in [2.05, 4.69) is 5.16 Å². The van der Waals surface area contributed by atoms with Gasteiger partial charge in [0.2, 0.25) is 0 Å². The molecule has 0 spiro atoms. The van der Waals surface area contributed by atoms with E-state index >= 15 is 0 Å². The minimum Gasteiger partial charge on any atom is -0.444 e. The summed E-state index contributed by atoms with van der Waals surface area (Å²) >= 11 is 12.1. The lowest BCUT2D eigenvalue weighted by atomic mass is 10.0. The van der Waals surface area contributed by atoms with Crippen molar-refractivity contribution in [2.75, 3.05) is 20.2 Å². The van der Waals surface area contributed by atoms with Crippen molar-refractivity contribution in [3.63, 3.8) is 0 Å². The normalized spacial score (nSPS) is 25.6. The predicted molar refractivity (Wildman–Crippen MR) is 98.3 cm³/mol. The van der Waals surface area contributed by atoms with Crippen molar-refractivity contribution in [2.24, 2.45) is 22.9 Å². The molecule has 25 heavy (non-hydrogen) atoms. The lowest BCUT2D eigenvalue weighted by molar-refractivity contribution is 0.0270. The largest absolute Gasteiger partial charge is 0.444 e. The van der Waals surface area contributed by atoms with Crippen molar-refractivity contribution in [3.8, 4) is 0 Å². The van der Waals surface area contributed by atoms with Gasteiger partial charge in [-0.25, -0.2) is 4.79 Å². The van der Waals surface area contributed by atoms with Crippen LogP contribution in [-0.4, -0.2) is 42.5 Å². The Morgan fingerprint density at radius 3 is 2.36 bits per heavy atom. The zero-order valence-electron chi connectivity index (χ0n) is 14.8. The topological polar surface area (TPSA) is 51.1 Å². The molecular formula is C18H22Cl2N2O3. The third-order valence-corrected chi connectivity index (χ3v) is 5.31. The third-order valence-electron chi connectivity index (χ3n) is 4.57. The highest BCUT2D eigenvalue weighted by molar-refractivity contribution is 6.42. The van der Waals surface area contributed by atoms with Crippen LogP contribution in [-0.2, 0) is 9.57 Å². The number of carbonyl (C=O) groups excluding carboxylic acids is 1. The smallest absolute Gasteiger partial charge is 0.410 e. The molecule has 1 saturated heterocycles. The molecular weight excluding hydrogens is 363 g/mol. The molecule has 136 valence electrons. The third kappa shape index (κ3) is 3.87. The van der Waals surface area contributed by atoms with Gasteiger partial charge in [-0.05, 0) is 44.7 Å². The van der Waals surface area contributed by atoms with Crippen LogP contribution in [0.2, 0.25) is 10.0 Å². The molecule has 1 saturated carbocycles. The van der Waals surface area contributed by atoms with E-state index in [4.69, 9.17) is 32.8 Å². The summed E-state index contributed by atoms with van der Waals surface area (Å²) < 4.78 is 5.45. The molecule has 1 amide bonds. The van der Waals surface area contributed by atoms with Gasteiger partial charge in [-0.3, -0.25) is 0 Å². The Balaban J connectivity index is 1.69. The number of rotatable bonds is 3. The second-order valence-electron chi connectivity index (χ2n) is 7.53. The first-order valence-corrected chi connectivity index (χ1v) is 9.01. The fraction of sp³-hybridized carbons (Fsp3) is 0.556. The van der Waals surface area contributed by atoms with Gasteiger partial charge in [-0.2, -0.15) is 0 Å². The Hall–Kier alpha value is -1.46. The Morgan fingerprint density at radius 1 is 1.20 bits per heavy atom. The number of hydrogen-bond donors (Lipinski definition) is 0. The van der Waals surface area contributed by atoms with E-state index in [0.717, 1.165) is 11.3 Å². The first-order valence-electron chi connectivity index (χ1n) is 8.25. The maximum absolute atomic E-state index is 12.2. The van der Waals surface area contributed by atoms with E-state index in [1.54, 1.807) is 17.0 Å². The molecule has 1 aliphatic heterocycles. The average molecular weight is 385 g/mol. The van der Waals surface area contributed by atoms with Gasteiger partial charge < -0.3 is 14.5 Å². The molecule has 2 unspecified atom stereocenters. The van der Waals surface area contributed by atoms with Crippen molar-refractivity contribution in [1.82, 2.24) is 4.90 Å². The van der Waals surface area contributed by atoms with Crippen LogP contribution in [0.1, 0.15) is 26.3 Å². The Bertz CT molecular complexity index is 703. The number of hydrogen-bond acceptors (Lipinski definition) is 4. The van der Waals surface area contributed by atoms with Gasteiger partial charge in [0.05, 0.1) is 15.8 Å². The van der Waals surface area contributed by atoms with Crippen molar-refractivity contribution in [3.05, 3.63) is 33.8 Å². The number of nitrogens with zero attached hydrogens (tertiary/aromatic N) is 2. The minimum atomic E-state index is -0.480. The summed E-state index contributed by atoms with van der Waals surface area (Å²) in [5, 5.41) is 5.22. The van der Waals surface area contributed by atoms with E-state index in [1.807, 2.05) is 26.8 Å². The van der Waals surface area contributed by atoms with Gasteiger partial charge in [0.15, 0.2) is 0 Å². The number of ether oxygens (including phenoxy) is 1. The summed E-state index contributed by atoms with van der Waals surface area (Å²) in [6.45, 7) is 6.97. The maximum Gasteiger partial charge on any atom is 0.410 e. The standard InChI is InChI=1S/C18H22Cl2N2O3/c1-18(2,3)25-17(23)22-8-11-12(9-22)15(11)16(21-24-4)10-5-6-13(19)14(20)7-10/h5-7,11-12,15H,8-9H2,1-4H3/b21-16-. The van der Waals surface area contributed by atoms with Crippen LogP contribution in [0, 0.1) is 17.8 Å². The lowest BCUT2D eigenvalue weighted by Crippen LogP contribution is -2.37. The molecule has 0 bridgehead atoms. The Kier molecular flexibility index (Phi) is 4.91. The second kappa shape index (κ2) is 6.69. The van der Waals surface area contributed by atoms with Crippen LogP contribution in [0.3, 0.4) is 0 Å². The monoisotopic (exact) mass is 384 g/mol. The van der Waals surface area contributed by atoms with Crippen LogP contribution in [0.15, 0.2) is 23.4 Å². The van der Waals surface area contributed by atoms with Crippen LogP contribution in [0.25, 0.3) is 0 Å². The number of likely N-dealkylation sites (tertiary alicyclic amines) is 1. The number of benzene rings is 1. The fourth-order valence-corrected chi connectivity index (χ4v) is 3.77. The van der Waals surface area contributed by atoms with E-state index in [-0.39, 0.29) is 12.0 Å². The first kappa shape index (κ1) is 18.3. The molecule has 2 aliphatic rings. The maximum atomic E-state index is 12.2. The number of halogens is 2. The molecule has 0 N–H and O–H groups in total.